The molecule has 0 saturated carbocycles. The lowest BCUT2D eigenvalue weighted by atomic mass is 10.1. The third-order valence-corrected chi connectivity index (χ3v) is 7.55. The van der Waals surface area contributed by atoms with E-state index in [1.807, 2.05) is 54.7 Å². The molecule has 7 heteroatoms. The fourth-order valence-corrected chi connectivity index (χ4v) is 6.01. The number of hydrogen-bond donors (Lipinski definition) is 0. The first kappa shape index (κ1) is 19.1. The number of ether oxygens (including phenoxy) is 1. The molecular formula is C21H20N2O3S2. The summed E-state index contributed by atoms with van der Waals surface area (Å²) in [6, 6.07) is 14.5. The van der Waals surface area contributed by atoms with Crippen LogP contribution in [0.15, 0.2) is 53.3 Å². The molecule has 3 aromatic rings. The Balaban J connectivity index is 1.44. The number of esters is 1. The van der Waals surface area contributed by atoms with E-state index in [2.05, 4.69) is 4.98 Å². The van der Waals surface area contributed by atoms with Gasteiger partial charge in [-0.3, -0.25) is 9.20 Å². The van der Waals surface area contributed by atoms with Gasteiger partial charge in [-0.25, -0.2) is 9.78 Å². The maximum absolute atomic E-state index is 12.4. The minimum Gasteiger partial charge on any atom is -0.456 e. The Kier molecular flexibility index (Phi) is 5.73. The maximum Gasteiger partial charge on any atom is 0.338 e. The average molecular weight is 413 g/mol. The van der Waals surface area contributed by atoms with E-state index in [0.29, 0.717) is 21.5 Å². The van der Waals surface area contributed by atoms with Crippen LogP contribution in [-0.2, 0) is 11.3 Å². The zero-order valence-electron chi connectivity index (χ0n) is 15.5. The molecule has 0 bridgehead atoms. The molecular weight excluding hydrogens is 392 g/mol. The van der Waals surface area contributed by atoms with Crippen LogP contribution in [0.25, 0.3) is 5.65 Å². The first-order chi connectivity index (χ1) is 13.6. The van der Waals surface area contributed by atoms with Crippen molar-refractivity contribution in [1.29, 1.82) is 0 Å². The molecule has 0 radical (unpaired) electrons. The van der Waals surface area contributed by atoms with E-state index in [1.54, 1.807) is 18.2 Å². The predicted octanol–water partition coefficient (Wildman–Crippen LogP) is 4.23. The Morgan fingerprint density at radius 1 is 1.18 bits per heavy atom. The summed E-state index contributed by atoms with van der Waals surface area (Å²) in [5, 5.41) is 0. The molecule has 5 nitrogen and oxygen atoms in total. The summed E-state index contributed by atoms with van der Waals surface area (Å²) in [6.07, 6.45) is 1.25. The third-order valence-electron chi connectivity index (χ3n) is 4.53. The van der Waals surface area contributed by atoms with Gasteiger partial charge in [-0.05, 0) is 54.7 Å². The molecule has 2 aromatic heterocycles. The maximum atomic E-state index is 12.4. The summed E-state index contributed by atoms with van der Waals surface area (Å²) >= 11 is 3.90. The Labute approximate surface area is 171 Å². The molecule has 1 saturated heterocycles. The molecule has 1 fully saturated rings. The van der Waals surface area contributed by atoms with Crippen LogP contribution in [0, 0.1) is 6.92 Å². The molecule has 0 atom stereocenters. The Bertz CT molecular complexity index is 1060. The second-order valence-corrected chi connectivity index (χ2v) is 9.30. The number of fused-ring (bicyclic) bond motifs is 1. The minimum absolute atomic E-state index is 0.0331. The van der Waals surface area contributed by atoms with Crippen molar-refractivity contribution in [2.24, 2.45) is 0 Å². The molecule has 0 N–H and O–H groups in total. The lowest BCUT2D eigenvalue weighted by Crippen LogP contribution is -2.18. The standard InChI is InChI=1S/C21H20N2O3S2/c1-14-4-2-5-18-22-17(12-19(24)23(14)18)13-26-20(25)15-6-8-16(9-7-15)21-27-10-3-11-28-21/h2,4-9,12,21H,3,10-11,13H2,1H3. The quantitative estimate of drug-likeness (QED) is 0.598. The van der Waals surface area contributed by atoms with Crippen molar-refractivity contribution in [3.05, 3.63) is 81.4 Å². The van der Waals surface area contributed by atoms with Crippen LogP contribution in [0.3, 0.4) is 0 Å². The normalized spacial score (nSPS) is 14.9. The minimum atomic E-state index is -0.415. The summed E-state index contributed by atoms with van der Waals surface area (Å²) in [5.41, 5.74) is 3.35. The van der Waals surface area contributed by atoms with Crippen molar-refractivity contribution < 1.29 is 9.53 Å². The Morgan fingerprint density at radius 3 is 2.68 bits per heavy atom. The molecule has 0 aliphatic carbocycles. The Hall–Kier alpha value is -2.25. The highest BCUT2D eigenvalue weighted by Crippen LogP contribution is 2.43. The molecule has 28 heavy (non-hydrogen) atoms. The van der Waals surface area contributed by atoms with Gasteiger partial charge in [-0.1, -0.05) is 18.2 Å². The number of carbonyl (C=O) groups excluding carboxylic acids is 1. The predicted molar refractivity (Wildman–Crippen MR) is 114 cm³/mol. The van der Waals surface area contributed by atoms with Crippen molar-refractivity contribution >= 4 is 35.1 Å². The van der Waals surface area contributed by atoms with Gasteiger partial charge in [-0.15, -0.1) is 23.5 Å². The zero-order valence-corrected chi connectivity index (χ0v) is 17.1. The van der Waals surface area contributed by atoms with Crippen LogP contribution in [-0.4, -0.2) is 26.9 Å². The van der Waals surface area contributed by atoms with Gasteiger partial charge in [0.2, 0.25) is 0 Å². The molecule has 3 heterocycles. The van der Waals surface area contributed by atoms with E-state index < -0.39 is 5.97 Å². The van der Waals surface area contributed by atoms with Gasteiger partial charge in [0.25, 0.3) is 5.56 Å². The SMILES string of the molecule is Cc1cccc2nc(COC(=O)c3ccc(C4SCCCS4)cc3)cc(=O)n12. The third kappa shape index (κ3) is 4.10. The van der Waals surface area contributed by atoms with Crippen LogP contribution >= 0.6 is 23.5 Å². The van der Waals surface area contributed by atoms with E-state index >= 15 is 0 Å². The smallest absolute Gasteiger partial charge is 0.338 e. The number of aromatic nitrogens is 2. The van der Waals surface area contributed by atoms with E-state index in [4.69, 9.17) is 4.74 Å². The van der Waals surface area contributed by atoms with E-state index in [0.717, 1.165) is 5.69 Å². The molecule has 4 rings (SSSR count). The van der Waals surface area contributed by atoms with E-state index in [-0.39, 0.29) is 12.2 Å². The number of thioether (sulfide) groups is 2. The lowest BCUT2D eigenvalue weighted by molar-refractivity contribution is 0.0467. The summed E-state index contributed by atoms with van der Waals surface area (Å²) < 4.78 is 7.35. The molecule has 0 spiro atoms. The highest BCUT2D eigenvalue weighted by Gasteiger charge is 2.17. The summed E-state index contributed by atoms with van der Waals surface area (Å²) in [4.78, 5) is 29.1. The van der Waals surface area contributed by atoms with E-state index in [1.165, 1.54) is 34.0 Å². The van der Waals surface area contributed by atoms with Gasteiger partial charge in [0.1, 0.15) is 12.3 Å². The largest absolute Gasteiger partial charge is 0.456 e. The fourth-order valence-electron chi connectivity index (χ4n) is 3.12. The van der Waals surface area contributed by atoms with Gasteiger partial charge in [-0.2, -0.15) is 0 Å². The lowest BCUT2D eigenvalue weighted by Gasteiger charge is -2.21. The first-order valence-electron chi connectivity index (χ1n) is 9.10. The summed E-state index contributed by atoms with van der Waals surface area (Å²) in [5.74, 6) is 1.95. The Morgan fingerprint density at radius 2 is 1.93 bits per heavy atom. The van der Waals surface area contributed by atoms with Crippen molar-refractivity contribution in [2.75, 3.05) is 11.5 Å². The van der Waals surface area contributed by atoms with Gasteiger partial charge in [0.05, 0.1) is 15.8 Å². The monoisotopic (exact) mass is 412 g/mol. The van der Waals surface area contributed by atoms with E-state index in [9.17, 15) is 9.59 Å². The van der Waals surface area contributed by atoms with Crippen LogP contribution < -0.4 is 5.56 Å². The fraction of sp³-hybridized carbons (Fsp3) is 0.286. The number of carbonyl (C=O) groups is 1. The number of benzene rings is 1. The average Bonchev–Trinajstić information content (AvgIpc) is 2.72. The van der Waals surface area contributed by atoms with Gasteiger partial charge >= 0.3 is 5.97 Å². The van der Waals surface area contributed by atoms with Crippen molar-refractivity contribution in [3.63, 3.8) is 0 Å². The molecule has 1 aliphatic heterocycles. The molecule has 1 aromatic carbocycles. The zero-order chi connectivity index (χ0) is 19.5. The van der Waals surface area contributed by atoms with Crippen LogP contribution in [0.4, 0.5) is 0 Å². The van der Waals surface area contributed by atoms with Crippen LogP contribution in [0.5, 0.6) is 0 Å². The number of aryl methyl sites for hydroxylation is 1. The summed E-state index contributed by atoms with van der Waals surface area (Å²) in [7, 11) is 0. The number of pyridine rings is 1. The van der Waals surface area contributed by atoms with Crippen molar-refractivity contribution in [2.45, 2.75) is 24.5 Å². The number of rotatable bonds is 4. The first-order valence-corrected chi connectivity index (χ1v) is 11.2. The molecule has 0 amide bonds. The number of hydrogen-bond acceptors (Lipinski definition) is 6. The topological polar surface area (TPSA) is 60.7 Å². The van der Waals surface area contributed by atoms with Crippen molar-refractivity contribution in [1.82, 2.24) is 9.38 Å². The van der Waals surface area contributed by atoms with Crippen LogP contribution in [0.1, 0.15) is 38.3 Å². The summed E-state index contributed by atoms with van der Waals surface area (Å²) in [6.45, 7) is 1.82. The van der Waals surface area contributed by atoms with Gasteiger partial charge in [0, 0.05) is 11.8 Å². The van der Waals surface area contributed by atoms with Gasteiger partial charge < -0.3 is 4.74 Å². The number of nitrogens with zero attached hydrogens (tertiary/aromatic N) is 2. The molecule has 144 valence electrons. The van der Waals surface area contributed by atoms with Crippen molar-refractivity contribution in [3.8, 4) is 0 Å². The highest BCUT2D eigenvalue weighted by molar-refractivity contribution is 8.16. The van der Waals surface area contributed by atoms with Crippen LogP contribution in [0.2, 0.25) is 0 Å². The second-order valence-electron chi connectivity index (χ2n) is 6.57. The molecule has 1 aliphatic rings. The molecule has 0 unspecified atom stereocenters. The second kappa shape index (κ2) is 8.41. The highest BCUT2D eigenvalue weighted by atomic mass is 32.2. The van der Waals surface area contributed by atoms with Gasteiger partial charge in [0.15, 0.2) is 0 Å².